The molecule has 0 atom stereocenters. The number of rotatable bonds is 7. The zero-order valence-electron chi connectivity index (χ0n) is 16.6. The van der Waals surface area contributed by atoms with Crippen molar-refractivity contribution in [1.82, 2.24) is 4.57 Å². The van der Waals surface area contributed by atoms with Crippen molar-refractivity contribution in [2.45, 2.75) is 0 Å². The number of aromatic nitrogens is 1. The summed E-state index contributed by atoms with van der Waals surface area (Å²) >= 11 is 7.41. The van der Waals surface area contributed by atoms with Crippen LogP contribution in [0.15, 0.2) is 71.5 Å². The van der Waals surface area contributed by atoms with Crippen LogP contribution in [-0.4, -0.2) is 18.7 Å². The molecule has 150 valence electrons. The number of anilines is 4. The molecule has 2 N–H and O–H groups in total. The van der Waals surface area contributed by atoms with E-state index in [1.165, 1.54) is 11.9 Å². The van der Waals surface area contributed by atoms with Crippen LogP contribution in [0.5, 0.6) is 0 Å². The van der Waals surface area contributed by atoms with Gasteiger partial charge in [0.25, 0.3) is 5.56 Å². The maximum atomic E-state index is 12.5. The molecule has 0 aliphatic rings. The van der Waals surface area contributed by atoms with Crippen LogP contribution in [0.3, 0.4) is 0 Å². The Hall–Kier alpha value is -2.83. The maximum absolute atomic E-state index is 12.5. The van der Waals surface area contributed by atoms with Gasteiger partial charge in [0.05, 0.1) is 0 Å². The molecule has 5 nitrogen and oxygen atoms in total. The third-order valence-corrected chi connectivity index (χ3v) is 5.13. The molecule has 3 rings (SSSR count). The lowest BCUT2D eigenvalue weighted by Gasteiger charge is -2.18. The quantitative estimate of drug-likeness (QED) is 0.473. The standard InChI is InChI=1S/C22H23ClN4OS/c1-5-29-25-18-10-11-20(24-17-8-6-16(23)7-9-17)19(13-18)15-12-21(26(2)3)22(28)27(4)14-15/h5-14,24-25H,1H2,2-4H3. The van der Waals surface area contributed by atoms with E-state index in [-0.39, 0.29) is 5.56 Å². The van der Waals surface area contributed by atoms with Crippen molar-refractivity contribution >= 4 is 46.3 Å². The molecule has 3 aromatic rings. The van der Waals surface area contributed by atoms with Crippen LogP contribution in [0.2, 0.25) is 5.02 Å². The van der Waals surface area contributed by atoms with Gasteiger partial charge in [-0.1, -0.05) is 18.2 Å². The van der Waals surface area contributed by atoms with Gasteiger partial charge in [0.2, 0.25) is 0 Å². The molecule has 0 bridgehead atoms. The molecule has 0 saturated heterocycles. The van der Waals surface area contributed by atoms with Crippen molar-refractivity contribution in [3.63, 3.8) is 0 Å². The normalized spacial score (nSPS) is 10.5. The van der Waals surface area contributed by atoms with Crippen LogP contribution in [0, 0.1) is 0 Å². The third-order valence-electron chi connectivity index (χ3n) is 4.36. The van der Waals surface area contributed by atoms with Gasteiger partial charge in [-0.25, -0.2) is 0 Å². The fraction of sp³-hybridized carbons (Fsp3) is 0.136. The molecule has 0 fully saturated rings. The van der Waals surface area contributed by atoms with Gasteiger partial charge >= 0.3 is 0 Å². The minimum atomic E-state index is -0.0394. The highest BCUT2D eigenvalue weighted by molar-refractivity contribution is 8.03. The first-order valence-electron chi connectivity index (χ1n) is 8.96. The molecule has 29 heavy (non-hydrogen) atoms. The molecule has 1 aromatic heterocycles. The number of aryl methyl sites for hydroxylation is 1. The van der Waals surface area contributed by atoms with E-state index in [9.17, 15) is 4.79 Å². The summed E-state index contributed by atoms with van der Waals surface area (Å²) in [7, 11) is 5.50. The van der Waals surface area contributed by atoms with E-state index < -0.39 is 0 Å². The van der Waals surface area contributed by atoms with Crippen LogP contribution >= 0.6 is 23.5 Å². The van der Waals surface area contributed by atoms with E-state index in [2.05, 4.69) is 16.6 Å². The minimum Gasteiger partial charge on any atom is -0.373 e. The van der Waals surface area contributed by atoms with Crippen LogP contribution in [0.4, 0.5) is 22.7 Å². The summed E-state index contributed by atoms with van der Waals surface area (Å²) in [6.45, 7) is 3.72. The molecule has 0 amide bonds. The Morgan fingerprint density at radius 1 is 1.10 bits per heavy atom. The van der Waals surface area contributed by atoms with E-state index in [4.69, 9.17) is 11.6 Å². The summed E-state index contributed by atoms with van der Waals surface area (Å²) in [4.78, 5) is 14.3. The molecule has 0 radical (unpaired) electrons. The molecule has 7 heteroatoms. The van der Waals surface area contributed by atoms with Crippen LogP contribution in [-0.2, 0) is 7.05 Å². The summed E-state index contributed by atoms with van der Waals surface area (Å²) in [5.74, 6) is 0. The van der Waals surface area contributed by atoms with Crippen molar-refractivity contribution < 1.29 is 0 Å². The lowest BCUT2D eigenvalue weighted by molar-refractivity contribution is 0.853. The predicted octanol–water partition coefficient (Wildman–Crippen LogP) is 5.72. The van der Waals surface area contributed by atoms with Crippen molar-refractivity contribution in [2.24, 2.45) is 7.05 Å². The Labute approximate surface area is 180 Å². The highest BCUT2D eigenvalue weighted by atomic mass is 35.5. The number of benzene rings is 2. The molecule has 0 saturated carbocycles. The number of nitrogens with one attached hydrogen (secondary N) is 2. The predicted molar refractivity (Wildman–Crippen MR) is 128 cm³/mol. The zero-order valence-corrected chi connectivity index (χ0v) is 18.1. The van der Waals surface area contributed by atoms with Gasteiger partial charge in [0.15, 0.2) is 0 Å². The van der Waals surface area contributed by atoms with Crippen LogP contribution in [0.1, 0.15) is 0 Å². The molecule has 0 unspecified atom stereocenters. The van der Waals surface area contributed by atoms with Crippen LogP contribution < -0.4 is 20.5 Å². The third kappa shape index (κ3) is 4.96. The molecule has 0 aliphatic carbocycles. The Bertz CT molecular complexity index is 1080. The van der Waals surface area contributed by atoms with E-state index >= 15 is 0 Å². The second-order valence-corrected chi connectivity index (χ2v) is 7.91. The average Bonchev–Trinajstić information content (AvgIpc) is 2.70. The van der Waals surface area contributed by atoms with Crippen LogP contribution in [0.25, 0.3) is 11.1 Å². The summed E-state index contributed by atoms with van der Waals surface area (Å²) in [6, 6.07) is 15.5. The van der Waals surface area contributed by atoms with Crippen molar-refractivity contribution in [1.29, 1.82) is 0 Å². The Morgan fingerprint density at radius 3 is 2.45 bits per heavy atom. The number of hydrogen-bond acceptors (Lipinski definition) is 5. The fourth-order valence-electron chi connectivity index (χ4n) is 2.92. The van der Waals surface area contributed by atoms with Gasteiger partial charge in [-0.15, -0.1) is 0 Å². The number of nitrogens with zero attached hydrogens (tertiary/aromatic N) is 2. The van der Waals surface area contributed by atoms with Gasteiger partial charge < -0.3 is 19.5 Å². The van der Waals surface area contributed by atoms with E-state index in [1.807, 2.05) is 73.7 Å². The topological polar surface area (TPSA) is 49.3 Å². The number of pyridine rings is 1. The summed E-state index contributed by atoms with van der Waals surface area (Å²) in [6.07, 6.45) is 1.85. The van der Waals surface area contributed by atoms with Gasteiger partial charge in [-0.05, 0) is 65.9 Å². The molecule has 0 aliphatic heterocycles. The zero-order chi connectivity index (χ0) is 21.0. The second-order valence-electron chi connectivity index (χ2n) is 6.70. The summed E-state index contributed by atoms with van der Waals surface area (Å²) in [5.41, 5.74) is 5.27. The molecule has 0 spiro atoms. The lowest BCUT2D eigenvalue weighted by atomic mass is 10.0. The monoisotopic (exact) mass is 426 g/mol. The second kappa shape index (κ2) is 9.11. The lowest BCUT2D eigenvalue weighted by Crippen LogP contribution is -2.25. The van der Waals surface area contributed by atoms with Gasteiger partial charge in [0, 0.05) is 60.6 Å². The van der Waals surface area contributed by atoms with Crippen molar-refractivity contribution in [3.05, 3.63) is 82.1 Å². The first-order valence-corrected chi connectivity index (χ1v) is 10.2. The number of hydrogen-bond donors (Lipinski definition) is 2. The van der Waals surface area contributed by atoms with E-state index in [1.54, 1.807) is 17.0 Å². The Morgan fingerprint density at radius 2 is 1.79 bits per heavy atom. The highest BCUT2D eigenvalue weighted by Gasteiger charge is 2.13. The summed E-state index contributed by atoms with van der Waals surface area (Å²) in [5, 5.41) is 5.87. The first kappa shape index (κ1) is 20.9. The minimum absolute atomic E-state index is 0.0394. The SMILES string of the molecule is C=CSNc1ccc(Nc2ccc(Cl)cc2)c(-c2cc(N(C)C)c(=O)n(C)c2)c1. The summed E-state index contributed by atoms with van der Waals surface area (Å²) < 4.78 is 4.85. The van der Waals surface area contributed by atoms with Crippen molar-refractivity contribution in [3.8, 4) is 11.1 Å². The highest BCUT2D eigenvalue weighted by Crippen LogP contribution is 2.34. The molecule has 1 heterocycles. The van der Waals surface area contributed by atoms with Gasteiger partial charge in [-0.2, -0.15) is 0 Å². The van der Waals surface area contributed by atoms with Gasteiger partial charge in [-0.3, -0.25) is 4.79 Å². The Balaban J connectivity index is 2.12. The molecule has 2 aromatic carbocycles. The molecular weight excluding hydrogens is 404 g/mol. The van der Waals surface area contributed by atoms with Crippen molar-refractivity contribution in [2.75, 3.05) is 29.0 Å². The Kier molecular flexibility index (Phi) is 6.56. The fourth-order valence-corrected chi connectivity index (χ4v) is 3.39. The van der Waals surface area contributed by atoms with E-state index in [0.717, 1.165) is 28.2 Å². The van der Waals surface area contributed by atoms with Gasteiger partial charge in [0.1, 0.15) is 5.69 Å². The van der Waals surface area contributed by atoms with E-state index in [0.29, 0.717) is 10.7 Å². The largest absolute Gasteiger partial charge is 0.373 e. The maximum Gasteiger partial charge on any atom is 0.273 e. The number of halogens is 1. The average molecular weight is 427 g/mol. The first-order chi connectivity index (χ1) is 13.9. The molecular formula is C22H23ClN4OS. The smallest absolute Gasteiger partial charge is 0.273 e.